The van der Waals surface area contributed by atoms with Crippen LogP contribution in [0, 0.1) is 0 Å². The molecule has 13 heavy (non-hydrogen) atoms. The molecule has 1 aliphatic heterocycles. The topological polar surface area (TPSA) is 18.5 Å². The van der Waals surface area contributed by atoms with Gasteiger partial charge >= 0.3 is 0 Å². The number of ether oxygens (including phenoxy) is 2. The van der Waals surface area contributed by atoms with Gasteiger partial charge in [-0.25, -0.2) is 0 Å². The number of hydrogen-bond donors (Lipinski definition) is 0. The van der Waals surface area contributed by atoms with E-state index in [0.29, 0.717) is 0 Å². The van der Waals surface area contributed by atoms with Gasteiger partial charge < -0.3 is 9.47 Å². The summed E-state index contributed by atoms with van der Waals surface area (Å²) in [7, 11) is 0. The van der Waals surface area contributed by atoms with Crippen molar-refractivity contribution in [2.24, 2.45) is 0 Å². The second kappa shape index (κ2) is 7.34. The van der Waals surface area contributed by atoms with Gasteiger partial charge in [-0.2, -0.15) is 0 Å². The van der Waals surface area contributed by atoms with Crippen molar-refractivity contribution < 1.29 is 9.47 Å². The van der Waals surface area contributed by atoms with E-state index < -0.39 is 0 Å². The van der Waals surface area contributed by atoms with Gasteiger partial charge in [0.1, 0.15) is 0 Å². The summed E-state index contributed by atoms with van der Waals surface area (Å²) < 4.78 is 10.6. The molecule has 0 aliphatic carbocycles. The Morgan fingerprint density at radius 1 is 1.15 bits per heavy atom. The van der Waals surface area contributed by atoms with Crippen LogP contribution in [-0.2, 0) is 9.47 Å². The first-order valence-electron chi connectivity index (χ1n) is 5.66. The maximum atomic E-state index is 5.46. The molecule has 0 bridgehead atoms. The van der Waals surface area contributed by atoms with E-state index in [2.05, 4.69) is 6.92 Å². The molecule has 0 spiro atoms. The highest BCUT2D eigenvalue weighted by molar-refractivity contribution is 4.54. The van der Waals surface area contributed by atoms with E-state index in [1.165, 1.54) is 38.5 Å². The molecule has 1 saturated heterocycles. The monoisotopic (exact) mass is 186 g/mol. The minimum atomic E-state index is 0.135. The predicted molar refractivity (Wildman–Crippen MR) is 53.7 cm³/mol. The molecule has 0 aromatic heterocycles. The van der Waals surface area contributed by atoms with Crippen molar-refractivity contribution in [3.8, 4) is 0 Å². The molecular weight excluding hydrogens is 164 g/mol. The molecule has 1 atom stereocenters. The fourth-order valence-electron chi connectivity index (χ4n) is 1.44. The Labute approximate surface area is 81.6 Å². The van der Waals surface area contributed by atoms with E-state index in [1.54, 1.807) is 0 Å². The lowest BCUT2D eigenvalue weighted by molar-refractivity contribution is -0.214. The highest BCUT2D eigenvalue weighted by Crippen LogP contribution is 2.13. The van der Waals surface area contributed by atoms with Crippen molar-refractivity contribution in [3.05, 3.63) is 0 Å². The van der Waals surface area contributed by atoms with Crippen LogP contribution in [0.15, 0.2) is 0 Å². The Hall–Kier alpha value is -0.0800. The number of rotatable bonds is 8. The third-order valence-electron chi connectivity index (χ3n) is 2.46. The molecule has 0 radical (unpaired) electrons. The Bertz CT molecular complexity index is 111. The van der Waals surface area contributed by atoms with E-state index >= 15 is 0 Å². The zero-order valence-electron chi connectivity index (χ0n) is 8.76. The van der Waals surface area contributed by atoms with Gasteiger partial charge in [0.15, 0.2) is 6.29 Å². The molecule has 2 nitrogen and oxygen atoms in total. The van der Waals surface area contributed by atoms with Crippen LogP contribution in [0.2, 0.25) is 0 Å². The average molecular weight is 186 g/mol. The van der Waals surface area contributed by atoms with Crippen LogP contribution in [-0.4, -0.2) is 19.5 Å². The summed E-state index contributed by atoms with van der Waals surface area (Å²) >= 11 is 0. The molecule has 1 rings (SSSR count). The van der Waals surface area contributed by atoms with Gasteiger partial charge in [-0.05, 0) is 6.42 Å². The van der Waals surface area contributed by atoms with Gasteiger partial charge in [-0.15, -0.1) is 0 Å². The molecule has 1 aliphatic rings. The fourth-order valence-corrected chi connectivity index (χ4v) is 1.44. The lowest BCUT2D eigenvalue weighted by atomic mass is 10.1. The first-order chi connectivity index (χ1) is 6.43. The zero-order chi connectivity index (χ0) is 9.36. The minimum absolute atomic E-state index is 0.135. The highest BCUT2D eigenvalue weighted by Gasteiger charge is 2.17. The zero-order valence-corrected chi connectivity index (χ0v) is 8.76. The molecule has 2 heteroatoms. The molecule has 1 unspecified atom stereocenters. The van der Waals surface area contributed by atoms with Gasteiger partial charge in [0.25, 0.3) is 0 Å². The summed E-state index contributed by atoms with van der Waals surface area (Å²) in [5.41, 5.74) is 0. The van der Waals surface area contributed by atoms with E-state index in [-0.39, 0.29) is 6.29 Å². The Kier molecular flexibility index (Phi) is 6.21. The van der Waals surface area contributed by atoms with Crippen molar-refractivity contribution in [1.29, 1.82) is 0 Å². The molecule has 0 saturated carbocycles. The van der Waals surface area contributed by atoms with Crippen LogP contribution in [0.3, 0.4) is 0 Å². The van der Waals surface area contributed by atoms with E-state index in [0.717, 1.165) is 19.6 Å². The molecule has 0 aromatic rings. The fraction of sp³-hybridized carbons (Fsp3) is 1.00. The van der Waals surface area contributed by atoms with Gasteiger partial charge in [0, 0.05) is 13.0 Å². The molecule has 78 valence electrons. The van der Waals surface area contributed by atoms with Crippen LogP contribution in [0.4, 0.5) is 0 Å². The van der Waals surface area contributed by atoms with Crippen LogP contribution >= 0.6 is 0 Å². The quantitative estimate of drug-likeness (QED) is 0.542. The minimum Gasteiger partial charge on any atom is -0.353 e. The van der Waals surface area contributed by atoms with Crippen LogP contribution < -0.4 is 0 Å². The summed E-state index contributed by atoms with van der Waals surface area (Å²) in [4.78, 5) is 0. The van der Waals surface area contributed by atoms with Crippen LogP contribution in [0.1, 0.15) is 51.9 Å². The first-order valence-corrected chi connectivity index (χ1v) is 5.66. The van der Waals surface area contributed by atoms with Crippen molar-refractivity contribution in [2.45, 2.75) is 58.2 Å². The van der Waals surface area contributed by atoms with Crippen molar-refractivity contribution in [3.63, 3.8) is 0 Å². The van der Waals surface area contributed by atoms with E-state index in [9.17, 15) is 0 Å². The van der Waals surface area contributed by atoms with Gasteiger partial charge in [0.05, 0.1) is 6.61 Å². The van der Waals surface area contributed by atoms with Gasteiger partial charge in [-0.1, -0.05) is 39.0 Å². The third kappa shape index (κ3) is 5.27. The third-order valence-corrected chi connectivity index (χ3v) is 2.46. The van der Waals surface area contributed by atoms with Gasteiger partial charge in [-0.3, -0.25) is 0 Å². The average Bonchev–Trinajstić information content (AvgIpc) is 2.07. The van der Waals surface area contributed by atoms with Crippen molar-refractivity contribution in [1.82, 2.24) is 0 Å². The van der Waals surface area contributed by atoms with Gasteiger partial charge in [0.2, 0.25) is 0 Å². The Balaban J connectivity index is 1.68. The molecule has 1 heterocycles. The van der Waals surface area contributed by atoms with Crippen molar-refractivity contribution in [2.75, 3.05) is 13.2 Å². The normalized spacial score (nSPS) is 21.5. The predicted octanol–water partition coefficient (Wildman–Crippen LogP) is 3.11. The highest BCUT2D eigenvalue weighted by atomic mass is 16.7. The standard InChI is InChI=1S/C11H22O2/c1-2-3-4-5-6-7-9-12-11-8-10-13-11/h11H,2-10H2,1H3. The van der Waals surface area contributed by atoms with Crippen molar-refractivity contribution >= 4 is 0 Å². The summed E-state index contributed by atoms with van der Waals surface area (Å²) in [6.07, 6.45) is 9.19. The SMILES string of the molecule is CCCCCCCCOC1CCO1. The smallest absolute Gasteiger partial charge is 0.159 e. The summed E-state index contributed by atoms with van der Waals surface area (Å²) in [5, 5.41) is 0. The summed E-state index contributed by atoms with van der Waals surface area (Å²) in [6, 6.07) is 0. The lowest BCUT2D eigenvalue weighted by Gasteiger charge is -2.26. The first kappa shape index (κ1) is 11.0. The summed E-state index contributed by atoms with van der Waals surface area (Å²) in [6.45, 7) is 4.02. The summed E-state index contributed by atoms with van der Waals surface area (Å²) in [5.74, 6) is 0. The Morgan fingerprint density at radius 2 is 1.85 bits per heavy atom. The maximum Gasteiger partial charge on any atom is 0.159 e. The van der Waals surface area contributed by atoms with E-state index in [4.69, 9.17) is 9.47 Å². The second-order valence-electron chi connectivity index (χ2n) is 3.73. The lowest BCUT2D eigenvalue weighted by Crippen LogP contribution is -2.29. The maximum absolute atomic E-state index is 5.46. The largest absolute Gasteiger partial charge is 0.353 e. The number of unbranched alkanes of at least 4 members (excludes halogenated alkanes) is 5. The molecule has 0 amide bonds. The molecule has 0 aromatic carbocycles. The second-order valence-corrected chi connectivity index (χ2v) is 3.73. The molecule has 0 N–H and O–H groups in total. The van der Waals surface area contributed by atoms with E-state index in [1.807, 2.05) is 0 Å². The number of hydrogen-bond acceptors (Lipinski definition) is 2. The Morgan fingerprint density at radius 3 is 2.46 bits per heavy atom. The van der Waals surface area contributed by atoms with Crippen LogP contribution in [0.5, 0.6) is 0 Å². The van der Waals surface area contributed by atoms with Crippen LogP contribution in [0.25, 0.3) is 0 Å². The molecular formula is C11H22O2. The molecule has 1 fully saturated rings.